The van der Waals surface area contributed by atoms with E-state index >= 15 is 0 Å². The van der Waals surface area contributed by atoms with Crippen molar-refractivity contribution in [2.75, 3.05) is 12.4 Å². The summed E-state index contributed by atoms with van der Waals surface area (Å²) in [7, 11) is 0. The fraction of sp³-hybridized carbons (Fsp3) is 0.875. The van der Waals surface area contributed by atoms with E-state index in [4.69, 9.17) is 14.3 Å². The Hall–Kier alpha value is -0.01000. The van der Waals surface area contributed by atoms with Crippen LogP contribution >= 0.6 is 18.2 Å². The fourth-order valence-electron chi connectivity index (χ4n) is 0.677. The number of nitriles is 1. The summed E-state index contributed by atoms with van der Waals surface area (Å²) in [6.07, 6.45) is 0.197. The standard InChI is InChI=1S/C8H16NO3PS/c1-4-6-14-13(10,11-5-2)12-8(3)7-9/h8H,4-6H2,1-3H3. The monoisotopic (exact) mass is 237 g/mol. The van der Waals surface area contributed by atoms with Crippen LogP contribution in [-0.4, -0.2) is 18.5 Å². The van der Waals surface area contributed by atoms with Crippen LogP contribution < -0.4 is 0 Å². The summed E-state index contributed by atoms with van der Waals surface area (Å²) >= 11 is 1.15. The van der Waals surface area contributed by atoms with Crippen molar-refractivity contribution in [3.05, 3.63) is 0 Å². The molecule has 0 aliphatic carbocycles. The smallest absolute Gasteiger partial charge is 0.301 e. The molecule has 14 heavy (non-hydrogen) atoms. The number of rotatable bonds is 7. The minimum atomic E-state index is -3.11. The van der Waals surface area contributed by atoms with E-state index in [1.165, 1.54) is 0 Å². The molecule has 2 unspecified atom stereocenters. The van der Waals surface area contributed by atoms with Gasteiger partial charge < -0.3 is 4.52 Å². The summed E-state index contributed by atoms with van der Waals surface area (Å²) in [5, 5.41) is 8.53. The fourth-order valence-corrected chi connectivity index (χ4v) is 4.36. The zero-order valence-electron chi connectivity index (χ0n) is 8.73. The molecule has 0 saturated carbocycles. The Balaban J connectivity index is 4.25. The molecule has 0 aromatic rings. The molecule has 0 amide bonds. The molecule has 4 nitrogen and oxygen atoms in total. The van der Waals surface area contributed by atoms with Gasteiger partial charge in [-0.1, -0.05) is 6.92 Å². The lowest BCUT2D eigenvalue weighted by molar-refractivity contribution is 0.206. The van der Waals surface area contributed by atoms with Crippen molar-refractivity contribution in [3.8, 4) is 6.07 Å². The van der Waals surface area contributed by atoms with Crippen molar-refractivity contribution < 1.29 is 13.6 Å². The van der Waals surface area contributed by atoms with Crippen LogP contribution in [0.5, 0.6) is 0 Å². The first-order valence-corrected chi connectivity index (χ1v) is 7.68. The summed E-state index contributed by atoms with van der Waals surface area (Å²) in [4.78, 5) is 0. The van der Waals surface area contributed by atoms with Gasteiger partial charge in [-0.3, -0.25) is 4.52 Å². The molecule has 0 N–H and O–H groups in total. The van der Waals surface area contributed by atoms with Crippen molar-refractivity contribution in [2.45, 2.75) is 33.3 Å². The van der Waals surface area contributed by atoms with Crippen molar-refractivity contribution in [1.29, 1.82) is 5.26 Å². The normalized spacial score (nSPS) is 17.0. The van der Waals surface area contributed by atoms with E-state index in [1.807, 2.05) is 13.0 Å². The van der Waals surface area contributed by atoms with E-state index < -0.39 is 12.9 Å². The van der Waals surface area contributed by atoms with E-state index in [9.17, 15) is 4.57 Å². The highest BCUT2D eigenvalue weighted by atomic mass is 32.7. The molecule has 0 aromatic carbocycles. The third kappa shape index (κ3) is 5.66. The Kier molecular flexibility index (Phi) is 7.30. The van der Waals surface area contributed by atoms with Crippen LogP contribution in [0.1, 0.15) is 27.2 Å². The van der Waals surface area contributed by atoms with Gasteiger partial charge in [0.1, 0.15) is 0 Å². The second kappa shape index (κ2) is 7.30. The summed E-state index contributed by atoms with van der Waals surface area (Å²) in [6, 6.07) is 1.87. The van der Waals surface area contributed by atoms with Gasteiger partial charge in [0.05, 0.1) is 12.7 Å². The Morgan fingerprint density at radius 3 is 2.64 bits per heavy atom. The maximum Gasteiger partial charge on any atom is 0.390 e. The predicted octanol–water partition coefficient (Wildman–Crippen LogP) is 3.20. The van der Waals surface area contributed by atoms with E-state index in [-0.39, 0.29) is 0 Å². The molecule has 0 aliphatic heterocycles. The second-order valence-electron chi connectivity index (χ2n) is 2.57. The van der Waals surface area contributed by atoms with Crippen LogP contribution in [0.15, 0.2) is 0 Å². The van der Waals surface area contributed by atoms with Gasteiger partial charge >= 0.3 is 6.80 Å². The summed E-state index contributed by atoms with van der Waals surface area (Å²) in [5.41, 5.74) is 0. The van der Waals surface area contributed by atoms with Gasteiger partial charge in [-0.2, -0.15) is 5.26 Å². The third-order valence-electron chi connectivity index (χ3n) is 1.21. The van der Waals surface area contributed by atoms with Crippen LogP contribution in [0.25, 0.3) is 0 Å². The predicted molar refractivity (Wildman–Crippen MR) is 58.1 cm³/mol. The van der Waals surface area contributed by atoms with E-state index in [2.05, 4.69) is 0 Å². The Morgan fingerprint density at radius 1 is 1.57 bits per heavy atom. The molecule has 82 valence electrons. The highest BCUT2D eigenvalue weighted by molar-refractivity contribution is 8.55. The SMILES string of the molecule is CCCSP(=O)(OCC)OC(C)C#N. The zero-order valence-corrected chi connectivity index (χ0v) is 10.4. The van der Waals surface area contributed by atoms with Crippen molar-refractivity contribution in [1.82, 2.24) is 0 Å². The second-order valence-corrected chi connectivity index (χ2v) is 6.72. The summed E-state index contributed by atoms with van der Waals surface area (Å²) < 4.78 is 22.0. The lowest BCUT2D eigenvalue weighted by atomic mass is 10.5. The quantitative estimate of drug-likeness (QED) is 0.636. The van der Waals surface area contributed by atoms with Gasteiger partial charge in [0.25, 0.3) is 0 Å². The van der Waals surface area contributed by atoms with E-state index in [1.54, 1.807) is 13.8 Å². The molecule has 0 saturated heterocycles. The largest absolute Gasteiger partial charge is 0.390 e. The number of hydrogen-bond acceptors (Lipinski definition) is 5. The first-order chi connectivity index (χ1) is 6.58. The molecule has 0 spiro atoms. The highest BCUT2D eigenvalue weighted by Gasteiger charge is 2.27. The Morgan fingerprint density at radius 2 is 2.21 bits per heavy atom. The average molecular weight is 237 g/mol. The number of hydrogen-bond donors (Lipinski definition) is 0. The van der Waals surface area contributed by atoms with Crippen LogP contribution in [0.3, 0.4) is 0 Å². The molecule has 0 aromatic heterocycles. The van der Waals surface area contributed by atoms with Crippen LogP contribution in [0, 0.1) is 11.3 Å². The summed E-state index contributed by atoms with van der Waals surface area (Å²) in [6.45, 7) is 2.50. The van der Waals surface area contributed by atoms with Crippen molar-refractivity contribution in [3.63, 3.8) is 0 Å². The van der Waals surface area contributed by atoms with E-state index in [0.29, 0.717) is 12.4 Å². The number of nitrogens with zero attached hydrogens (tertiary/aromatic N) is 1. The van der Waals surface area contributed by atoms with Gasteiger partial charge in [0, 0.05) is 5.75 Å². The molecule has 0 radical (unpaired) electrons. The minimum absolute atomic E-state index is 0.326. The zero-order chi connectivity index (χ0) is 11.0. The van der Waals surface area contributed by atoms with Crippen LogP contribution in [0.4, 0.5) is 0 Å². The molecular weight excluding hydrogens is 221 g/mol. The molecule has 6 heteroatoms. The average Bonchev–Trinajstić information content (AvgIpc) is 2.15. The van der Waals surface area contributed by atoms with Gasteiger partial charge in [-0.15, -0.1) is 0 Å². The molecule has 0 fully saturated rings. The maximum absolute atomic E-state index is 11.9. The van der Waals surface area contributed by atoms with Gasteiger partial charge in [0.15, 0.2) is 6.10 Å². The molecular formula is C8H16NO3PS. The Bertz CT molecular complexity index is 241. The molecule has 0 heterocycles. The first-order valence-electron chi connectivity index (χ1n) is 4.55. The van der Waals surface area contributed by atoms with Crippen LogP contribution in [-0.2, 0) is 13.6 Å². The summed E-state index contributed by atoms with van der Waals surface area (Å²) in [5.74, 6) is 0.704. The lowest BCUT2D eigenvalue weighted by Gasteiger charge is -2.17. The Labute approximate surface area is 89.2 Å². The molecule has 0 bridgehead atoms. The third-order valence-corrected chi connectivity index (χ3v) is 5.34. The molecule has 0 rings (SSSR count). The van der Waals surface area contributed by atoms with Crippen molar-refractivity contribution >= 4 is 18.2 Å². The van der Waals surface area contributed by atoms with Gasteiger partial charge in [-0.25, -0.2) is 4.57 Å². The minimum Gasteiger partial charge on any atom is -0.301 e. The highest BCUT2D eigenvalue weighted by Crippen LogP contribution is 2.61. The topological polar surface area (TPSA) is 59.3 Å². The van der Waals surface area contributed by atoms with Gasteiger partial charge in [0.2, 0.25) is 0 Å². The van der Waals surface area contributed by atoms with Crippen molar-refractivity contribution in [2.24, 2.45) is 0 Å². The lowest BCUT2D eigenvalue weighted by Crippen LogP contribution is -2.03. The first kappa shape index (κ1) is 14.0. The maximum atomic E-state index is 11.9. The molecule has 0 aliphatic rings. The molecule has 2 atom stereocenters. The van der Waals surface area contributed by atoms with Crippen LogP contribution in [0.2, 0.25) is 0 Å². The van der Waals surface area contributed by atoms with E-state index in [0.717, 1.165) is 17.8 Å². The van der Waals surface area contributed by atoms with Gasteiger partial charge in [-0.05, 0) is 31.7 Å².